The Morgan fingerprint density at radius 2 is 1.86 bits per heavy atom. The molecule has 4 rings (SSSR count). The van der Waals surface area contributed by atoms with E-state index in [9.17, 15) is 12.8 Å². The normalized spacial score (nSPS) is 26.2. The third-order valence-corrected chi connectivity index (χ3v) is 8.18. The van der Waals surface area contributed by atoms with E-state index in [1.54, 1.807) is 0 Å². The molecule has 5 heteroatoms. The van der Waals surface area contributed by atoms with Crippen LogP contribution >= 0.6 is 22.6 Å². The average Bonchev–Trinajstić information content (AvgIpc) is 3.24. The Morgan fingerprint density at radius 1 is 1.14 bits per heavy atom. The Balaban J connectivity index is 1.89. The molecule has 114 valence electrons. The summed E-state index contributed by atoms with van der Waals surface area (Å²) < 4.78 is 39.8. The monoisotopic (exact) mass is 428 g/mol. The van der Waals surface area contributed by atoms with Crippen molar-refractivity contribution in [1.29, 1.82) is 0 Å². The maximum atomic E-state index is 13.2. The van der Waals surface area contributed by atoms with Gasteiger partial charge in [0.05, 0.1) is 4.90 Å². The first kappa shape index (κ1) is 14.6. The summed E-state index contributed by atoms with van der Waals surface area (Å²) in [6.45, 7) is 0. The van der Waals surface area contributed by atoms with Crippen LogP contribution in [0.3, 0.4) is 0 Å². The van der Waals surface area contributed by atoms with Crippen molar-refractivity contribution in [3.8, 4) is 0 Å². The molecule has 2 unspecified atom stereocenters. The van der Waals surface area contributed by atoms with Crippen molar-refractivity contribution in [2.24, 2.45) is 5.92 Å². The van der Waals surface area contributed by atoms with Crippen molar-refractivity contribution in [2.75, 3.05) is 0 Å². The zero-order valence-corrected chi connectivity index (χ0v) is 14.7. The van der Waals surface area contributed by atoms with Gasteiger partial charge in [-0.2, -0.15) is 0 Å². The fraction of sp³-hybridized carbons (Fsp3) is 0.294. The van der Waals surface area contributed by atoms with E-state index in [0.717, 1.165) is 27.5 Å². The van der Waals surface area contributed by atoms with Gasteiger partial charge in [-0.25, -0.2) is 12.8 Å². The average molecular weight is 428 g/mol. The molecule has 0 radical (unpaired) electrons. The number of rotatable bonds is 2. The molecule has 0 aromatic heterocycles. The van der Waals surface area contributed by atoms with Gasteiger partial charge in [0.2, 0.25) is 0 Å². The fourth-order valence-electron chi connectivity index (χ4n) is 3.78. The van der Waals surface area contributed by atoms with E-state index in [2.05, 4.69) is 28.7 Å². The van der Waals surface area contributed by atoms with Crippen LogP contribution in [0.2, 0.25) is 0 Å². The third-order valence-electron chi connectivity index (χ3n) is 4.94. The molecule has 2 aromatic rings. The van der Waals surface area contributed by atoms with Gasteiger partial charge in [-0.05, 0) is 95.3 Å². The second kappa shape index (κ2) is 4.77. The lowest BCUT2D eigenvalue weighted by Crippen LogP contribution is -2.28. The molecular formula is C17H14FIO2S. The molecule has 2 aliphatic rings. The topological polar surface area (TPSA) is 34.1 Å². The highest BCUT2D eigenvalue weighted by molar-refractivity contribution is 14.1. The number of hydrogen-bond acceptors (Lipinski definition) is 2. The first-order chi connectivity index (χ1) is 10.4. The molecule has 0 aliphatic heterocycles. The molecule has 2 aliphatic carbocycles. The molecule has 2 nitrogen and oxygen atoms in total. The van der Waals surface area contributed by atoms with E-state index in [4.69, 9.17) is 0 Å². The minimum atomic E-state index is -3.50. The lowest BCUT2D eigenvalue weighted by molar-refractivity contribution is 0.553. The van der Waals surface area contributed by atoms with Crippen molar-refractivity contribution < 1.29 is 12.8 Å². The Kier molecular flexibility index (Phi) is 3.17. The maximum Gasteiger partial charge on any atom is 0.188 e. The lowest BCUT2D eigenvalue weighted by atomic mass is 9.91. The van der Waals surface area contributed by atoms with E-state index in [-0.39, 0.29) is 10.8 Å². The van der Waals surface area contributed by atoms with E-state index in [1.165, 1.54) is 24.3 Å². The van der Waals surface area contributed by atoms with Gasteiger partial charge in [-0.15, -0.1) is 0 Å². The summed E-state index contributed by atoms with van der Waals surface area (Å²) in [5, 5.41) is 0. The van der Waals surface area contributed by atoms with E-state index >= 15 is 0 Å². The van der Waals surface area contributed by atoms with Crippen LogP contribution in [0.25, 0.3) is 0 Å². The molecule has 22 heavy (non-hydrogen) atoms. The van der Waals surface area contributed by atoms with Crippen molar-refractivity contribution in [3.63, 3.8) is 0 Å². The van der Waals surface area contributed by atoms with Crippen molar-refractivity contribution in [2.45, 2.75) is 28.9 Å². The second-order valence-corrected chi connectivity index (χ2v) is 9.54. The van der Waals surface area contributed by atoms with Crippen LogP contribution in [-0.2, 0) is 21.0 Å². The number of sulfone groups is 1. The Bertz CT molecular complexity index is 861. The largest absolute Gasteiger partial charge is 0.223 e. The van der Waals surface area contributed by atoms with Gasteiger partial charge in [0.1, 0.15) is 10.6 Å². The molecule has 0 N–H and O–H groups in total. The predicted octanol–water partition coefficient (Wildman–Crippen LogP) is 4.07. The summed E-state index contributed by atoms with van der Waals surface area (Å²) in [5.74, 6) is -0.225. The zero-order valence-electron chi connectivity index (χ0n) is 11.7. The molecule has 0 spiro atoms. The molecular weight excluding hydrogens is 414 g/mol. The van der Waals surface area contributed by atoms with E-state index in [1.807, 2.05) is 12.1 Å². The molecule has 2 atom stereocenters. The molecule has 1 saturated carbocycles. The number of fused-ring (bicyclic) bond motifs is 3. The first-order valence-electron chi connectivity index (χ1n) is 7.24. The van der Waals surface area contributed by atoms with Crippen LogP contribution in [0.4, 0.5) is 4.39 Å². The minimum Gasteiger partial charge on any atom is -0.223 e. The van der Waals surface area contributed by atoms with Gasteiger partial charge in [0.25, 0.3) is 0 Å². The molecule has 0 bridgehead atoms. The molecule has 1 fully saturated rings. The standard InChI is InChI=1S/C17H14FIO2S/c18-13-3-6-15(7-4-13)22(20,21)17-10-12(17)2-1-11-9-14(19)5-8-16(11)17/h3-9,12H,1-2,10H2. The molecule has 0 amide bonds. The number of hydrogen-bond donors (Lipinski definition) is 0. The number of benzene rings is 2. The quantitative estimate of drug-likeness (QED) is 0.534. The summed E-state index contributed by atoms with van der Waals surface area (Å²) in [6, 6.07) is 11.2. The lowest BCUT2D eigenvalue weighted by Gasteiger charge is -2.26. The Labute approximate surface area is 142 Å². The third kappa shape index (κ3) is 1.91. The molecule has 0 saturated heterocycles. The van der Waals surface area contributed by atoms with E-state index < -0.39 is 20.4 Å². The van der Waals surface area contributed by atoms with Crippen LogP contribution in [0.1, 0.15) is 24.0 Å². The first-order valence-corrected chi connectivity index (χ1v) is 9.80. The van der Waals surface area contributed by atoms with Crippen LogP contribution in [-0.4, -0.2) is 8.42 Å². The van der Waals surface area contributed by atoms with Gasteiger partial charge < -0.3 is 0 Å². The summed E-state index contributed by atoms with van der Waals surface area (Å²) in [5.41, 5.74) is 2.10. The van der Waals surface area contributed by atoms with Gasteiger partial charge in [0, 0.05) is 3.57 Å². The van der Waals surface area contributed by atoms with Gasteiger partial charge in [-0.1, -0.05) is 6.07 Å². The summed E-state index contributed by atoms with van der Waals surface area (Å²) in [7, 11) is -3.50. The summed E-state index contributed by atoms with van der Waals surface area (Å²) in [6.07, 6.45) is 2.53. The van der Waals surface area contributed by atoms with Crippen LogP contribution < -0.4 is 0 Å². The summed E-state index contributed by atoms with van der Waals surface area (Å²) >= 11 is 2.26. The number of aryl methyl sites for hydroxylation is 1. The minimum absolute atomic E-state index is 0.190. The highest BCUT2D eigenvalue weighted by Gasteiger charge is 2.66. The van der Waals surface area contributed by atoms with Gasteiger partial charge in [0.15, 0.2) is 9.84 Å². The zero-order chi connectivity index (χ0) is 15.5. The second-order valence-electron chi connectivity index (χ2n) is 6.09. The van der Waals surface area contributed by atoms with Crippen molar-refractivity contribution in [3.05, 3.63) is 63.0 Å². The Morgan fingerprint density at radius 3 is 2.59 bits per heavy atom. The molecule has 0 heterocycles. The smallest absolute Gasteiger partial charge is 0.188 e. The summed E-state index contributed by atoms with van der Waals surface area (Å²) in [4.78, 5) is 0.225. The maximum absolute atomic E-state index is 13.2. The molecule has 2 aromatic carbocycles. The highest BCUT2D eigenvalue weighted by atomic mass is 127. The van der Waals surface area contributed by atoms with E-state index in [0.29, 0.717) is 6.42 Å². The Hall–Kier alpha value is -0.950. The van der Waals surface area contributed by atoms with Crippen molar-refractivity contribution in [1.82, 2.24) is 0 Å². The van der Waals surface area contributed by atoms with Crippen LogP contribution in [0.5, 0.6) is 0 Å². The van der Waals surface area contributed by atoms with Crippen molar-refractivity contribution >= 4 is 32.4 Å². The number of halogens is 2. The van der Waals surface area contributed by atoms with Crippen LogP contribution in [0, 0.1) is 15.3 Å². The van der Waals surface area contributed by atoms with Gasteiger partial charge >= 0.3 is 0 Å². The highest BCUT2D eigenvalue weighted by Crippen LogP contribution is 2.64. The SMILES string of the molecule is O=S(=O)(c1ccc(F)cc1)C12CC1CCc1cc(I)ccc12. The van der Waals surface area contributed by atoms with Gasteiger partial charge in [-0.3, -0.25) is 0 Å². The predicted molar refractivity (Wildman–Crippen MR) is 90.9 cm³/mol. The fourth-order valence-corrected chi connectivity index (χ4v) is 6.72. The van der Waals surface area contributed by atoms with Crippen LogP contribution in [0.15, 0.2) is 47.4 Å².